The summed E-state index contributed by atoms with van der Waals surface area (Å²) in [5.74, 6) is -0.975. The van der Waals surface area contributed by atoms with Crippen molar-refractivity contribution in [3.63, 3.8) is 0 Å². The Bertz CT molecular complexity index is 1570. The van der Waals surface area contributed by atoms with E-state index in [-0.39, 0.29) is 16.9 Å². The normalized spacial score (nSPS) is 11.9. The van der Waals surface area contributed by atoms with Crippen LogP contribution in [0, 0.1) is 13.8 Å². The van der Waals surface area contributed by atoms with E-state index in [4.69, 9.17) is 11.6 Å². The van der Waals surface area contributed by atoms with Gasteiger partial charge in [-0.25, -0.2) is 0 Å². The average Bonchev–Trinajstić information content (AvgIpc) is 2.96. The van der Waals surface area contributed by atoms with Gasteiger partial charge in [0.15, 0.2) is 0 Å². The summed E-state index contributed by atoms with van der Waals surface area (Å²) < 4.78 is 0. The molecule has 0 fully saturated rings. The van der Waals surface area contributed by atoms with E-state index in [1.54, 1.807) is 66.7 Å². The van der Waals surface area contributed by atoms with E-state index in [0.717, 1.165) is 21.7 Å². The van der Waals surface area contributed by atoms with Crippen molar-refractivity contribution in [2.45, 2.75) is 30.9 Å². The van der Waals surface area contributed by atoms with E-state index < -0.39 is 11.8 Å². The van der Waals surface area contributed by atoms with E-state index in [2.05, 4.69) is 16.0 Å². The van der Waals surface area contributed by atoms with Crippen molar-refractivity contribution in [2.24, 2.45) is 0 Å². The summed E-state index contributed by atoms with van der Waals surface area (Å²) >= 11 is 7.42. The molecular formula is C33H30ClN3O3S. The van der Waals surface area contributed by atoms with Crippen LogP contribution in [0.4, 0.5) is 11.4 Å². The molecule has 4 aromatic carbocycles. The first-order chi connectivity index (χ1) is 19.7. The van der Waals surface area contributed by atoms with Crippen LogP contribution in [0.3, 0.4) is 0 Å². The first-order valence-electron chi connectivity index (χ1n) is 13.0. The molecule has 3 N–H and O–H groups in total. The van der Waals surface area contributed by atoms with Crippen LogP contribution in [0.1, 0.15) is 34.0 Å². The highest BCUT2D eigenvalue weighted by Gasteiger charge is 2.17. The molecule has 0 bridgehead atoms. The molecule has 41 heavy (non-hydrogen) atoms. The Morgan fingerprint density at radius 2 is 1.51 bits per heavy atom. The molecule has 0 aliphatic carbocycles. The summed E-state index contributed by atoms with van der Waals surface area (Å²) in [6.07, 6.45) is 1.59. The monoisotopic (exact) mass is 583 g/mol. The topological polar surface area (TPSA) is 87.3 Å². The lowest BCUT2D eigenvalue weighted by Gasteiger charge is -2.15. The maximum absolute atomic E-state index is 13.2. The second kappa shape index (κ2) is 13.8. The average molecular weight is 584 g/mol. The number of halogens is 1. The Labute approximate surface area is 249 Å². The molecule has 0 aromatic heterocycles. The van der Waals surface area contributed by atoms with Crippen LogP contribution in [0.25, 0.3) is 6.08 Å². The zero-order valence-electron chi connectivity index (χ0n) is 22.9. The number of hydrogen-bond donors (Lipinski definition) is 3. The smallest absolute Gasteiger partial charge is 0.272 e. The minimum absolute atomic E-state index is 0.0799. The Morgan fingerprint density at radius 3 is 2.17 bits per heavy atom. The van der Waals surface area contributed by atoms with Crippen LogP contribution in [0.15, 0.2) is 108 Å². The SMILES string of the molecule is Cc1ccc(NC(=O)C(C)Sc2ccc(NC(=O)/C(=C/c3ccc(Cl)cc3)NC(=O)c3ccccc3)cc2)c(C)c1. The van der Waals surface area contributed by atoms with E-state index in [0.29, 0.717) is 21.8 Å². The van der Waals surface area contributed by atoms with Crippen LogP contribution >= 0.6 is 23.4 Å². The number of carbonyl (C=O) groups is 3. The van der Waals surface area contributed by atoms with Gasteiger partial charge in [-0.1, -0.05) is 59.6 Å². The van der Waals surface area contributed by atoms with Gasteiger partial charge in [-0.2, -0.15) is 0 Å². The molecule has 1 unspecified atom stereocenters. The highest BCUT2D eigenvalue weighted by atomic mass is 35.5. The molecule has 4 rings (SSSR count). The summed E-state index contributed by atoms with van der Waals surface area (Å²) in [5, 5.41) is 8.79. The molecule has 4 aromatic rings. The van der Waals surface area contributed by atoms with Crippen LogP contribution in [0.2, 0.25) is 5.02 Å². The molecule has 208 valence electrons. The minimum Gasteiger partial charge on any atom is -0.325 e. The fourth-order valence-corrected chi connectivity index (χ4v) is 4.92. The van der Waals surface area contributed by atoms with Crippen molar-refractivity contribution in [3.05, 3.63) is 130 Å². The highest BCUT2D eigenvalue weighted by molar-refractivity contribution is 8.00. The zero-order chi connectivity index (χ0) is 29.4. The first kappa shape index (κ1) is 29.6. The Balaban J connectivity index is 1.42. The van der Waals surface area contributed by atoms with Crippen molar-refractivity contribution >= 4 is 58.5 Å². The third kappa shape index (κ3) is 8.58. The van der Waals surface area contributed by atoms with Gasteiger partial charge in [0.25, 0.3) is 11.8 Å². The molecule has 0 spiro atoms. The summed E-state index contributed by atoms with van der Waals surface area (Å²) in [5.41, 5.74) is 4.71. The number of carbonyl (C=O) groups excluding carboxylic acids is 3. The second-order valence-corrected chi connectivity index (χ2v) is 11.3. The van der Waals surface area contributed by atoms with E-state index in [1.165, 1.54) is 11.8 Å². The third-order valence-electron chi connectivity index (χ3n) is 6.14. The van der Waals surface area contributed by atoms with Crippen LogP contribution in [-0.4, -0.2) is 23.0 Å². The third-order valence-corrected chi connectivity index (χ3v) is 7.51. The van der Waals surface area contributed by atoms with Gasteiger partial charge < -0.3 is 16.0 Å². The predicted octanol–water partition coefficient (Wildman–Crippen LogP) is 7.49. The predicted molar refractivity (Wildman–Crippen MR) is 168 cm³/mol. The Hall–Kier alpha value is -4.33. The van der Waals surface area contributed by atoms with Gasteiger partial charge in [0.1, 0.15) is 5.70 Å². The van der Waals surface area contributed by atoms with Crippen molar-refractivity contribution in [1.29, 1.82) is 0 Å². The van der Waals surface area contributed by atoms with Crippen molar-refractivity contribution in [2.75, 3.05) is 10.6 Å². The summed E-state index contributed by atoms with van der Waals surface area (Å²) in [7, 11) is 0. The molecule has 0 aliphatic heterocycles. The largest absolute Gasteiger partial charge is 0.325 e. The van der Waals surface area contributed by atoms with Crippen LogP contribution in [0.5, 0.6) is 0 Å². The van der Waals surface area contributed by atoms with Gasteiger partial charge in [0.05, 0.1) is 5.25 Å². The van der Waals surface area contributed by atoms with Crippen molar-refractivity contribution in [3.8, 4) is 0 Å². The molecule has 6 nitrogen and oxygen atoms in total. The summed E-state index contributed by atoms with van der Waals surface area (Å²) in [4.78, 5) is 39.7. The minimum atomic E-state index is -0.481. The quantitative estimate of drug-likeness (QED) is 0.141. The van der Waals surface area contributed by atoms with Gasteiger partial charge in [-0.3, -0.25) is 14.4 Å². The lowest BCUT2D eigenvalue weighted by Crippen LogP contribution is -2.30. The van der Waals surface area contributed by atoms with Crippen molar-refractivity contribution in [1.82, 2.24) is 5.32 Å². The highest BCUT2D eigenvalue weighted by Crippen LogP contribution is 2.26. The molecule has 1 atom stereocenters. The van der Waals surface area contributed by atoms with E-state index >= 15 is 0 Å². The number of amides is 3. The number of nitrogens with one attached hydrogen (secondary N) is 3. The summed E-state index contributed by atoms with van der Waals surface area (Å²) in [6.45, 7) is 5.83. The molecule has 0 radical (unpaired) electrons. The maximum Gasteiger partial charge on any atom is 0.272 e. The van der Waals surface area contributed by atoms with Gasteiger partial charge in [-0.05, 0) is 92.6 Å². The molecule has 0 aliphatic rings. The lowest BCUT2D eigenvalue weighted by atomic mass is 10.1. The van der Waals surface area contributed by atoms with Gasteiger partial charge in [-0.15, -0.1) is 11.8 Å². The number of aryl methyl sites for hydroxylation is 2. The van der Waals surface area contributed by atoms with Crippen molar-refractivity contribution < 1.29 is 14.4 Å². The van der Waals surface area contributed by atoms with Gasteiger partial charge in [0, 0.05) is 26.9 Å². The first-order valence-corrected chi connectivity index (χ1v) is 14.2. The number of thioether (sulfide) groups is 1. The Kier molecular flexibility index (Phi) is 10.0. The fourth-order valence-electron chi connectivity index (χ4n) is 3.93. The molecule has 3 amide bonds. The van der Waals surface area contributed by atoms with Crippen LogP contribution in [-0.2, 0) is 9.59 Å². The molecule has 0 heterocycles. The van der Waals surface area contributed by atoms with Gasteiger partial charge in [0.2, 0.25) is 5.91 Å². The van der Waals surface area contributed by atoms with Gasteiger partial charge >= 0.3 is 0 Å². The molecule has 0 saturated carbocycles. The fraction of sp³-hybridized carbons (Fsp3) is 0.121. The number of benzene rings is 4. The molecule has 8 heteroatoms. The Morgan fingerprint density at radius 1 is 0.829 bits per heavy atom. The molecule has 0 saturated heterocycles. The zero-order valence-corrected chi connectivity index (χ0v) is 24.5. The van der Waals surface area contributed by atoms with Crippen LogP contribution < -0.4 is 16.0 Å². The number of anilines is 2. The lowest BCUT2D eigenvalue weighted by molar-refractivity contribution is -0.115. The summed E-state index contributed by atoms with van der Waals surface area (Å²) in [6, 6.07) is 28.7. The maximum atomic E-state index is 13.2. The van der Waals surface area contributed by atoms with E-state index in [9.17, 15) is 14.4 Å². The number of hydrogen-bond acceptors (Lipinski definition) is 4. The standard InChI is InChI=1S/C33H30ClN3O3S/c1-21-9-18-29(22(2)19-21)36-31(38)23(3)41-28-16-14-27(15-17-28)35-33(40)30(20-24-10-12-26(34)13-11-24)37-32(39)25-7-5-4-6-8-25/h4-20,23H,1-3H3,(H,35,40)(H,36,38)(H,37,39)/b30-20-. The van der Waals surface area contributed by atoms with E-state index in [1.807, 2.05) is 57.2 Å². The molecular weight excluding hydrogens is 554 g/mol. The second-order valence-electron chi connectivity index (χ2n) is 9.48. The number of rotatable bonds is 9.